The van der Waals surface area contributed by atoms with E-state index < -0.39 is 11.2 Å². The number of ether oxygens (including phenoxy) is 1. The molecule has 0 saturated carbocycles. The first-order valence-electron chi connectivity index (χ1n) is 5.44. The van der Waals surface area contributed by atoms with E-state index in [2.05, 4.69) is 9.97 Å². The predicted octanol–water partition coefficient (Wildman–Crippen LogP) is -0.0998. The van der Waals surface area contributed by atoms with Gasteiger partial charge in [-0.3, -0.25) is 14.3 Å². The smallest absolute Gasteiger partial charge is 0.330 e. The van der Waals surface area contributed by atoms with Crippen molar-refractivity contribution in [3.63, 3.8) is 0 Å². The fourth-order valence-electron chi connectivity index (χ4n) is 1.70. The lowest BCUT2D eigenvalue weighted by atomic mass is 10.5. The summed E-state index contributed by atoms with van der Waals surface area (Å²) in [6, 6.07) is 0. The summed E-state index contributed by atoms with van der Waals surface area (Å²) in [4.78, 5) is 29.6. The van der Waals surface area contributed by atoms with Crippen molar-refractivity contribution in [3.8, 4) is 0 Å². The van der Waals surface area contributed by atoms with Crippen molar-refractivity contribution in [1.29, 1.82) is 0 Å². The first-order valence-corrected chi connectivity index (χ1v) is 5.44. The van der Waals surface area contributed by atoms with Crippen LogP contribution in [0, 0.1) is 0 Å². The van der Waals surface area contributed by atoms with E-state index in [1.165, 1.54) is 10.9 Å². The van der Waals surface area contributed by atoms with E-state index in [1.807, 2.05) is 13.8 Å². The van der Waals surface area contributed by atoms with Crippen molar-refractivity contribution in [2.24, 2.45) is 0 Å². The summed E-state index contributed by atoms with van der Waals surface area (Å²) in [5.41, 5.74) is -0.126. The number of aromatic amines is 1. The number of aromatic nitrogens is 4. The molecule has 0 spiro atoms. The fourth-order valence-corrected chi connectivity index (χ4v) is 1.70. The zero-order valence-corrected chi connectivity index (χ0v) is 9.77. The van der Waals surface area contributed by atoms with Crippen molar-refractivity contribution >= 4 is 11.2 Å². The molecular formula is C10H14N4O3. The Morgan fingerprint density at radius 3 is 2.82 bits per heavy atom. The third-order valence-electron chi connectivity index (χ3n) is 2.51. The second kappa shape index (κ2) is 4.54. The zero-order valence-electron chi connectivity index (χ0n) is 9.77. The van der Waals surface area contributed by atoms with Gasteiger partial charge in [-0.25, -0.2) is 9.78 Å². The summed E-state index contributed by atoms with van der Waals surface area (Å²) >= 11 is 0. The van der Waals surface area contributed by atoms with Gasteiger partial charge in [-0.2, -0.15) is 0 Å². The van der Waals surface area contributed by atoms with Crippen LogP contribution in [0.2, 0.25) is 0 Å². The van der Waals surface area contributed by atoms with Crippen LogP contribution in [0.3, 0.4) is 0 Å². The van der Waals surface area contributed by atoms with Crippen LogP contribution < -0.4 is 11.2 Å². The Balaban J connectivity index is 2.68. The lowest BCUT2D eigenvalue weighted by Gasteiger charge is -2.04. The summed E-state index contributed by atoms with van der Waals surface area (Å²) < 4.78 is 8.23. The summed E-state index contributed by atoms with van der Waals surface area (Å²) in [6.07, 6.45) is 1.50. The van der Waals surface area contributed by atoms with Gasteiger partial charge in [0.15, 0.2) is 11.2 Å². The molecule has 0 radical (unpaired) electrons. The van der Waals surface area contributed by atoms with Crippen molar-refractivity contribution in [2.45, 2.75) is 27.1 Å². The highest BCUT2D eigenvalue weighted by molar-refractivity contribution is 5.69. The minimum atomic E-state index is -0.438. The Morgan fingerprint density at radius 2 is 2.18 bits per heavy atom. The number of imidazole rings is 1. The average molecular weight is 238 g/mol. The molecule has 2 aromatic heterocycles. The van der Waals surface area contributed by atoms with E-state index in [0.29, 0.717) is 24.3 Å². The number of hydrogen-bond donors (Lipinski definition) is 1. The van der Waals surface area contributed by atoms with Gasteiger partial charge in [0.2, 0.25) is 0 Å². The van der Waals surface area contributed by atoms with Gasteiger partial charge >= 0.3 is 5.69 Å². The molecule has 0 atom stereocenters. The third kappa shape index (κ3) is 1.89. The van der Waals surface area contributed by atoms with Crippen molar-refractivity contribution in [2.75, 3.05) is 6.61 Å². The van der Waals surface area contributed by atoms with E-state index in [9.17, 15) is 9.59 Å². The van der Waals surface area contributed by atoms with Crippen LogP contribution in [0.1, 0.15) is 13.8 Å². The van der Waals surface area contributed by atoms with Gasteiger partial charge in [-0.1, -0.05) is 0 Å². The zero-order chi connectivity index (χ0) is 12.4. The van der Waals surface area contributed by atoms with Crippen LogP contribution in [0.4, 0.5) is 0 Å². The van der Waals surface area contributed by atoms with Gasteiger partial charge in [0.1, 0.15) is 6.73 Å². The molecule has 2 heterocycles. The first kappa shape index (κ1) is 11.6. The summed E-state index contributed by atoms with van der Waals surface area (Å²) in [7, 11) is 0. The van der Waals surface area contributed by atoms with E-state index in [-0.39, 0.29) is 6.73 Å². The molecule has 17 heavy (non-hydrogen) atoms. The summed E-state index contributed by atoms with van der Waals surface area (Å²) in [6.45, 7) is 4.94. The van der Waals surface area contributed by atoms with Crippen LogP contribution in [-0.2, 0) is 18.0 Å². The number of nitrogens with zero attached hydrogens (tertiary/aromatic N) is 3. The molecule has 92 valence electrons. The number of H-pyrrole nitrogens is 1. The second-order valence-electron chi connectivity index (χ2n) is 3.51. The number of hydrogen-bond acceptors (Lipinski definition) is 4. The highest BCUT2D eigenvalue weighted by atomic mass is 16.5. The lowest BCUT2D eigenvalue weighted by molar-refractivity contribution is 0.0903. The maximum absolute atomic E-state index is 11.7. The van der Waals surface area contributed by atoms with Crippen LogP contribution in [0.15, 0.2) is 15.9 Å². The number of nitrogens with one attached hydrogen (secondary N) is 1. The van der Waals surface area contributed by atoms with Gasteiger partial charge in [-0.05, 0) is 13.8 Å². The van der Waals surface area contributed by atoms with Crippen molar-refractivity contribution in [3.05, 3.63) is 27.2 Å². The largest absolute Gasteiger partial charge is 0.361 e. The average Bonchev–Trinajstić information content (AvgIpc) is 2.71. The molecule has 0 aliphatic heterocycles. The summed E-state index contributed by atoms with van der Waals surface area (Å²) in [5.74, 6) is 0. The Hall–Kier alpha value is -1.89. The Labute approximate surface area is 96.7 Å². The minimum Gasteiger partial charge on any atom is -0.361 e. The van der Waals surface area contributed by atoms with E-state index in [0.717, 1.165) is 0 Å². The first-order chi connectivity index (χ1) is 8.19. The fraction of sp³-hybridized carbons (Fsp3) is 0.500. The molecule has 0 bridgehead atoms. The highest BCUT2D eigenvalue weighted by Crippen LogP contribution is 2.05. The molecule has 2 rings (SSSR count). The standard InChI is InChI=1S/C10H14N4O3/c1-3-14-8-7(9(15)12-10(14)16)13(5-11-8)6-17-4-2/h5H,3-4,6H2,1-2H3,(H,12,15,16). The van der Waals surface area contributed by atoms with Gasteiger partial charge < -0.3 is 9.30 Å². The van der Waals surface area contributed by atoms with Crippen LogP contribution in [0.5, 0.6) is 0 Å². The van der Waals surface area contributed by atoms with E-state index in [1.54, 1.807) is 4.57 Å². The molecule has 0 saturated heterocycles. The van der Waals surface area contributed by atoms with Crippen molar-refractivity contribution < 1.29 is 4.74 Å². The third-order valence-corrected chi connectivity index (χ3v) is 2.51. The van der Waals surface area contributed by atoms with Gasteiger partial charge in [0, 0.05) is 13.2 Å². The highest BCUT2D eigenvalue weighted by Gasteiger charge is 2.12. The van der Waals surface area contributed by atoms with Crippen LogP contribution in [0.25, 0.3) is 11.2 Å². The number of rotatable bonds is 4. The molecular weight excluding hydrogens is 224 g/mol. The number of aryl methyl sites for hydroxylation is 1. The van der Waals surface area contributed by atoms with Crippen LogP contribution in [-0.4, -0.2) is 25.7 Å². The van der Waals surface area contributed by atoms with E-state index in [4.69, 9.17) is 4.74 Å². The van der Waals surface area contributed by atoms with Gasteiger partial charge in [-0.15, -0.1) is 0 Å². The molecule has 7 nitrogen and oxygen atoms in total. The van der Waals surface area contributed by atoms with Gasteiger partial charge in [0.05, 0.1) is 6.33 Å². The normalized spacial score (nSPS) is 11.2. The number of fused-ring (bicyclic) bond motifs is 1. The van der Waals surface area contributed by atoms with Crippen molar-refractivity contribution in [1.82, 2.24) is 19.1 Å². The molecule has 0 aliphatic rings. The maximum Gasteiger partial charge on any atom is 0.330 e. The van der Waals surface area contributed by atoms with Gasteiger partial charge in [0.25, 0.3) is 5.56 Å². The molecule has 0 unspecified atom stereocenters. The topological polar surface area (TPSA) is 81.9 Å². The SMILES string of the molecule is CCOCn1cnc2c1c(=O)[nH]c(=O)n2CC. The Kier molecular flexibility index (Phi) is 3.10. The molecule has 0 aliphatic carbocycles. The minimum absolute atomic E-state index is 0.248. The van der Waals surface area contributed by atoms with E-state index >= 15 is 0 Å². The monoisotopic (exact) mass is 238 g/mol. The summed E-state index contributed by atoms with van der Waals surface area (Å²) in [5, 5.41) is 0. The van der Waals surface area contributed by atoms with Crippen LogP contribution >= 0.6 is 0 Å². The molecule has 7 heteroatoms. The molecule has 2 aromatic rings. The molecule has 0 fully saturated rings. The predicted molar refractivity (Wildman–Crippen MR) is 61.9 cm³/mol. The lowest BCUT2D eigenvalue weighted by Crippen LogP contribution is -2.30. The molecule has 0 aromatic carbocycles. The Bertz CT molecular complexity index is 637. The Morgan fingerprint density at radius 1 is 1.41 bits per heavy atom. The second-order valence-corrected chi connectivity index (χ2v) is 3.51. The maximum atomic E-state index is 11.7. The molecule has 1 N–H and O–H groups in total. The molecule has 0 amide bonds. The quantitative estimate of drug-likeness (QED) is 0.806.